The Hall–Kier alpha value is -1.52. The summed E-state index contributed by atoms with van der Waals surface area (Å²) in [5.41, 5.74) is 0. The number of carbonyl (C=O) groups excluding carboxylic acids is 6. The maximum Gasteiger partial charge on any atom is 2.00 e. The van der Waals surface area contributed by atoms with Crippen molar-refractivity contribution in [3.63, 3.8) is 0 Å². The van der Waals surface area contributed by atoms with Crippen LogP contribution in [-0.2, 0) is 28.8 Å². The third kappa shape index (κ3) is 18.5. The Bertz CT molecular complexity index is 388. The Morgan fingerprint density at radius 1 is 0.524 bits per heavy atom. The maximum atomic E-state index is 10.1. The number of rotatable bonds is 8. The van der Waals surface area contributed by atoms with Gasteiger partial charge in [0.2, 0.25) is 0 Å². The molecule has 0 saturated carbocycles. The first-order chi connectivity index (χ1) is 9.07. The molecule has 10 nitrogen and oxygen atoms in total. The molecule has 0 aliphatic rings. The smallest absolute Gasteiger partial charge is 0.550 e. The minimum Gasteiger partial charge on any atom is -0.550 e. The van der Waals surface area contributed by atoms with E-state index in [-0.39, 0.29) is 37.7 Å². The van der Waals surface area contributed by atoms with Crippen molar-refractivity contribution >= 4 is 73.2 Å². The van der Waals surface area contributed by atoms with Crippen molar-refractivity contribution in [1.29, 1.82) is 0 Å². The first-order valence-electron chi connectivity index (χ1n) is 4.96. The van der Waals surface area contributed by atoms with Gasteiger partial charge in [0, 0.05) is 24.8 Å². The van der Waals surface area contributed by atoms with Gasteiger partial charge in [0.15, 0.2) is 11.6 Å². The van der Waals surface area contributed by atoms with E-state index >= 15 is 0 Å². The van der Waals surface area contributed by atoms with Crippen LogP contribution in [0.25, 0.3) is 0 Å². The number of ketones is 2. The molecular weight excluding hydrogens is 320 g/mol. The second-order valence-corrected chi connectivity index (χ2v) is 3.17. The molecule has 21 heavy (non-hydrogen) atoms. The molecule has 0 aromatic heterocycles. The summed E-state index contributed by atoms with van der Waals surface area (Å²) in [6, 6.07) is 0. The molecule has 0 N–H and O–H groups in total. The van der Waals surface area contributed by atoms with E-state index in [1.54, 1.807) is 0 Å². The fraction of sp³-hybridized carbons (Fsp3) is 0.400. The molecule has 0 aromatic carbocycles. The van der Waals surface area contributed by atoms with Crippen LogP contribution in [0.3, 0.4) is 0 Å². The van der Waals surface area contributed by atoms with Crippen LogP contribution in [-0.4, -0.2) is 73.2 Å². The molecule has 0 atom stereocenters. The summed E-state index contributed by atoms with van der Waals surface area (Å²) in [5.74, 6) is -9.06. The second-order valence-electron chi connectivity index (χ2n) is 3.17. The van der Waals surface area contributed by atoms with Gasteiger partial charge in [-0.15, -0.1) is 0 Å². The third-order valence-electron chi connectivity index (χ3n) is 1.57. The van der Waals surface area contributed by atoms with E-state index in [0.29, 0.717) is 0 Å². The van der Waals surface area contributed by atoms with Gasteiger partial charge in [0.05, 0.1) is 0 Å². The molecule has 0 unspecified atom stereocenters. The van der Waals surface area contributed by atoms with Crippen molar-refractivity contribution in [2.45, 2.75) is 25.7 Å². The van der Waals surface area contributed by atoms with Gasteiger partial charge >= 0.3 is 37.7 Å². The zero-order valence-electron chi connectivity index (χ0n) is 10.6. The van der Waals surface area contributed by atoms with Crippen LogP contribution in [0, 0.1) is 0 Å². The SMILES string of the molecule is O=C([O-])CCC(=O)C(=O)[O-].O=C([O-])CCC(=O)C(=O)[O-].[Ca+2]. The van der Waals surface area contributed by atoms with E-state index in [1.807, 2.05) is 0 Å². The molecule has 0 heterocycles. The minimum atomic E-state index is -1.86. The predicted molar refractivity (Wildman–Crippen MR) is 54.3 cm³/mol. The van der Waals surface area contributed by atoms with Gasteiger partial charge in [-0.3, -0.25) is 9.59 Å². The van der Waals surface area contributed by atoms with E-state index in [2.05, 4.69) is 0 Å². The molecule has 0 bridgehead atoms. The van der Waals surface area contributed by atoms with Crippen molar-refractivity contribution in [3.05, 3.63) is 0 Å². The average Bonchev–Trinajstić information content (AvgIpc) is 2.33. The zero-order chi connectivity index (χ0) is 16.3. The van der Waals surface area contributed by atoms with E-state index in [0.717, 1.165) is 0 Å². The number of carbonyl (C=O) groups is 6. The van der Waals surface area contributed by atoms with Crippen LogP contribution in [0.1, 0.15) is 25.7 Å². The molecule has 112 valence electrons. The van der Waals surface area contributed by atoms with Crippen LogP contribution >= 0.6 is 0 Å². The molecule has 11 heteroatoms. The summed E-state index contributed by atoms with van der Waals surface area (Å²) in [5, 5.41) is 38.6. The molecular formula is C10H8CaO10-2. The van der Waals surface area contributed by atoms with Gasteiger partial charge in [-0.25, -0.2) is 0 Å². The standard InChI is InChI=1S/2C5H6O5.Ca/c2*6-3(5(9)10)1-2-4(7)8;/h2*1-2H2,(H,7,8)(H,9,10);/q;;+2/p-4. The maximum absolute atomic E-state index is 10.1. The van der Waals surface area contributed by atoms with E-state index in [9.17, 15) is 49.2 Å². The number of Topliss-reactive ketones (excluding diaryl/α,β-unsaturated/α-hetero) is 2. The number of hydrogen-bond donors (Lipinski definition) is 0. The minimum absolute atomic E-state index is 0. The first kappa shape index (κ1) is 24.5. The van der Waals surface area contributed by atoms with E-state index < -0.39 is 61.1 Å². The molecule has 0 aliphatic heterocycles. The quantitative estimate of drug-likeness (QED) is 0.305. The van der Waals surface area contributed by atoms with Gasteiger partial charge < -0.3 is 39.6 Å². The second kappa shape index (κ2) is 13.5. The molecule has 0 rings (SSSR count). The van der Waals surface area contributed by atoms with Crippen molar-refractivity contribution in [2.24, 2.45) is 0 Å². The summed E-state index contributed by atoms with van der Waals surface area (Å²) < 4.78 is 0. The van der Waals surface area contributed by atoms with Crippen LogP contribution in [0.2, 0.25) is 0 Å². The van der Waals surface area contributed by atoms with Gasteiger partial charge in [-0.2, -0.15) is 0 Å². The average molecular weight is 328 g/mol. The van der Waals surface area contributed by atoms with Gasteiger partial charge in [0.25, 0.3) is 0 Å². The molecule has 0 fully saturated rings. The summed E-state index contributed by atoms with van der Waals surface area (Å²) in [7, 11) is 0. The normalized spacial score (nSPS) is 8.38. The van der Waals surface area contributed by atoms with E-state index in [4.69, 9.17) is 0 Å². The summed E-state index contributed by atoms with van der Waals surface area (Å²) in [4.78, 5) is 58.8. The molecule has 0 aromatic rings. The van der Waals surface area contributed by atoms with Crippen molar-refractivity contribution in [1.82, 2.24) is 0 Å². The monoisotopic (exact) mass is 328 g/mol. The van der Waals surface area contributed by atoms with Gasteiger partial charge in [-0.1, -0.05) is 0 Å². The summed E-state index contributed by atoms with van der Waals surface area (Å²) in [6.45, 7) is 0. The predicted octanol–water partition coefficient (Wildman–Crippen LogP) is -6.71. The Kier molecular flexibility index (Phi) is 15.7. The first-order valence-corrected chi connectivity index (χ1v) is 4.96. The van der Waals surface area contributed by atoms with Gasteiger partial charge in [0.1, 0.15) is 11.9 Å². The molecule has 0 amide bonds. The largest absolute Gasteiger partial charge is 2.00 e. The summed E-state index contributed by atoms with van der Waals surface area (Å²) >= 11 is 0. The van der Waals surface area contributed by atoms with Crippen molar-refractivity contribution in [3.8, 4) is 0 Å². The molecule has 0 radical (unpaired) electrons. The number of carboxylic acids is 4. The topological polar surface area (TPSA) is 195 Å². The van der Waals surface area contributed by atoms with Crippen LogP contribution in [0.5, 0.6) is 0 Å². The fourth-order valence-corrected chi connectivity index (χ4v) is 0.635. The zero-order valence-corrected chi connectivity index (χ0v) is 12.8. The van der Waals surface area contributed by atoms with Crippen LogP contribution < -0.4 is 20.4 Å². The van der Waals surface area contributed by atoms with Crippen molar-refractivity contribution < 1.29 is 49.2 Å². The van der Waals surface area contributed by atoms with Crippen LogP contribution in [0.15, 0.2) is 0 Å². The fourth-order valence-electron chi connectivity index (χ4n) is 0.635. The molecule has 0 aliphatic carbocycles. The number of aliphatic carboxylic acids is 4. The van der Waals surface area contributed by atoms with Crippen molar-refractivity contribution in [2.75, 3.05) is 0 Å². The Labute approximate surface area is 147 Å². The third-order valence-corrected chi connectivity index (χ3v) is 1.57. The Morgan fingerprint density at radius 2 is 0.762 bits per heavy atom. The van der Waals surface area contributed by atoms with Gasteiger partial charge in [-0.05, 0) is 12.8 Å². The van der Waals surface area contributed by atoms with Crippen LogP contribution in [0.4, 0.5) is 0 Å². The number of carboxylic acid groups (broad SMARTS) is 4. The molecule has 0 spiro atoms. The van der Waals surface area contributed by atoms with E-state index in [1.165, 1.54) is 0 Å². The Morgan fingerprint density at radius 3 is 0.905 bits per heavy atom. The number of hydrogen-bond acceptors (Lipinski definition) is 10. The summed E-state index contributed by atoms with van der Waals surface area (Å²) in [6.07, 6.45) is -2.28. The Balaban J connectivity index is -0.000000295. The molecule has 0 saturated heterocycles.